The molecule has 1 saturated heterocycles. The van der Waals surface area contributed by atoms with Gasteiger partial charge in [0, 0.05) is 0 Å². The van der Waals surface area contributed by atoms with Crippen LogP contribution in [0.3, 0.4) is 0 Å². The first-order valence-electron chi connectivity index (χ1n) is 4.01. The highest BCUT2D eigenvalue weighted by atomic mass is 32.5. The van der Waals surface area contributed by atoms with E-state index in [1.165, 1.54) is 0 Å². The highest BCUT2D eigenvalue weighted by molar-refractivity contribution is 8.52. The number of hydrogen-bond acceptors (Lipinski definition) is 5. The molecule has 1 aliphatic rings. The van der Waals surface area contributed by atoms with Crippen molar-refractivity contribution in [2.45, 2.75) is 24.2 Å². The van der Waals surface area contributed by atoms with Crippen molar-refractivity contribution in [2.75, 3.05) is 6.61 Å². The molecule has 6 atom stereocenters. The number of aliphatic hydroxyl groups excluding tert-OH is 3. The van der Waals surface area contributed by atoms with Gasteiger partial charge in [0.05, 0.1) is 13.9 Å². The predicted molar refractivity (Wildman–Crippen MR) is 56.4 cm³/mol. The lowest BCUT2D eigenvalue weighted by Crippen LogP contribution is -2.33. The summed E-state index contributed by atoms with van der Waals surface area (Å²) in [4.78, 5) is 17.8. The van der Waals surface area contributed by atoms with Gasteiger partial charge in [-0.3, -0.25) is 4.57 Å². The van der Waals surface area contributed by atoms with E-state index in [1.54, 1.807) is 0 Å². The molecule has 0 saturated carbocycles. The van der Waals surface area contributed by atoms with E-state index in [0.29, 0.717) is 0 Å². The second kappa shape index (κ2) is 5.01. The van der Waals surface area contributed by atoms with Crippen molar-refractivity contribution in [3.63, 3.8) is 0 Å². The summed E-state index contributed by atoms with van der Waals surface area (Å²) in [6.45, 7) is -0.510. The third kappa shape index (κ3) is 2.95. The Labute approximate surface area is 89.4 Å². The molecule has 0 aromatic rings. The maximum absolute atomic E-state index is 10.9. The van der Waals surface area contributed by atoms with Crippen LogP contribution in [0.1, 0.15) is 0 Å². The van der Waals surface area contributed by atoms with Crippen LogP contribution < -0.4 is 0 Å². The average molecular weight is 278 g/mol. The van der Waals surface area contributed by atoms with Crippen LogP contribution in [0.2, 0.25) is 0 Å². The van der Waals surface area contributed by atoms with Gasteiger partial charge in [-0.05, 0) is 0 Å². The first kappa shape index (κ1) is 13.9. The van der Waals surface area contributed by atoms with Gasteiger partial charge < -0.3 is 29.8 Å². The lowest BCUT2D eigenvalue weighted by atomic mass is 10.2. The summed E-state index contributed by atoms with van der Waals surface area (Å²) < 4.78 is 15.9. The highest BCUT2D eigenvalue weighted by Crippen LogP contribution is 2.79. The van der Waals surface area contributed by atoms with Crippen molar-refractivity contribution in [2.24, 2.45) is 0 Å². The van der Waals surface area contributed by atoms with Crippen LogP contribution in [0.5, 0.6) is 0 Å². The molecular weight excluding hydrogens is 265 g/mol. The van der Waals surface area contributed by atoms with E-state index < -0.39 is 45.3 Å². The molecule has 0 aromatic heterocycles. The number of rotatable bonds is 3. The van der Waals surface area contributed by atoms with Crippen LogP contribution in [0.15, 0.2) is 0 Å². The fraction of sp³-hybridized carbons (Fsp3) is 1.00. The Morgan fingerprint density at radius 1 is 1.33 bits per heavy atom. The minimum absolute atomic E-state index is 0.510. The van der Waals surface area contributed by atoms with E-state index >= 15 is 0 Å². The molecule has 0 radical (unpaired) electrons. The normalized spacial score (nSPS) is 39.3. The van der Waals surface area contributed by atoms with E-state index in [2.05, 4.69) is 0 Å². The van der Waals surface area contributed by atoms with Crippen LogP contribution in [0.4, 0.5) is 0 Å². The fourth-order valence-electron chi connectivity index (χ4n) is 1.25. The number of aliphatic hydroxyl groups is 3. The minimum atomic E-state index is -4.36. The molecule has 1 aliphatic heterocycles. The SMILES string of the molecule is O=P(O)(O)P(P)C1O[C@H](CO)[C@@H](O)[C@H]1O. The summed E-state index contributed by atoms with van der Waals surface area (Å²) in [6, 6.07) is 0. The second-order valence-electron chi connectivity index (χ2n) is 3.12. The Hall–Kier alpha value is 0.850. The Morgan fingerprint density at radius 3 is 2.20 bits per heavy atom. The van der Waals surface area contributed by atoms with Gasteiger partial charge in [0.1, 0.15) is 24.2 Å². The zero-order valence-electron chi connectivity index (χ0n) is 7.54. The van der Waals surface area contributed by atoms with E-state index in [9.17, 15) is 14.8 Å². The Kier molecular flexibility index (Phi) is 4.64. The monoisotopic (exact) mass is 278 g/mol. The van der Waals surface area contributed by atoms with E-state index in [4.69, 9.17) is 19.6 Å². The van der Waals surface area contributed by atoms with E-state index in [0.717, 1.165) is 0 Å². The minimum Gasteiger partial charge on any atom is -0.394 e. The molecular formula is C5H13O7P3. The average Bonchev–Trinajstić information content (AvgIpc) is 2.41. The summed E-state index contributed by atoms with van der Waals surface area (Å²) in [5.41, 5.74) is 0. The van der Waals surface area contributed by atoms with Gasteiger partial charge in [-0.1, -0.05) is 8.93 Å². The van der Waals surface area contributed by atoms with Crippen molar-refractivity contribution in [3.8, 4) is 0 Å². The molecule has 0 bridgehead atoms. The number of hydrogen-bond donors (Lipinski definition) is 5. The van der Waals surface area contributed by atoms with Crippen LogP contribution >= 0.6 is 23.5 Å². The number of ether oxygens (including phenoxy) is 1. The first-order valence-corrected chi connectivity index (χ1v) is 9.36. The third-order valence-electron chi connectivity index (χ3n) is 2.08. The smallest absolute Gasteiger partial charge is 0.350 e. The lowest BCUT2D eigenvalue weighted by molar-refractivity contribution is -0.00834. The van der Waals surface area contributed by atoms with E-state index in [1.807, 2.05) is 8.93 Å². The molecule has 5 N–H and O–H groups in total. The van der Waals surface area contributed by atoms with Gasteiger partial charge in [0.25, 0.3) is 0 Å². The molecule has 1 heterocycles. The van der Waals surface area contributed by atoms with E-state index in [-0.39, 0.29) is 0 Å². The zero-order chi connectivity index (χ0) is 11.8. The summed E-state index contributed by atoms with van der Waals surface area (Å²) in [5.74, 6) is -1.14. The molecule has 0 aliphatic carbocycles. The summed E-state index contributed by atoms with van der Waals surface area (Å²) in [5, 5.41) is 27.6. The van der Waals surface area contributed by atoms with Gasteiger partial charge in [-0.25, -0.2) is 0 Å². The molecule has 90 valence electrons. The summed E-state index contributed by atoms with van der Waals surface area (Å²) in [6.07, 6.45) is -3.71. The Morgan fingerprint density at radius 2 is 1.87 bits per heavy atom. The topological polar surface area (TPSA) is 127 Å². The summed E-state index contributed by atoms with van der Waals surface area (Å²) >= 11 is 0. The predicted octanol–water partition coefficient (Wildman–Crippen LogP) is -1.21. The molecule has 0 amide bonds. The van der Waals surface area contributed by atoms with Gasteiger partial charge >= 0.3 is 7.28 Å². The van der Waals surface area contributed by atoms with Crippen molar-refractivity contribution in [1.82, 2.24) is 0 Å². The van der Waals surface area contributed by atoms with Gasteiger partial charge in [-0.2, -0.15) is 0 Å². The third-order valence-corrected chi connectivity index (χ3v) is 9.71. The second-order valence-corrected chi connectivity index (χ2v) is 11.3. The molecule has 3 unspecified atom stereocenters. The quantitative estimate of drug-likeness (QED) is 0.410. The van der Waals surface area contributed by atoms with Crippen molar-refractivity contribution in [3.05, 3.63) is 0 Å². The van der Waals surface area contributed by atoms with Crippen molar-refractivity contribution in [1.29, 1.82) is 0 Å². The Balaban J connectivity index is 2.77. The fourth-order valence-corrected chi connectivity index (χ4v) is 4.52. The maximum Gasteiger partial charge on any atom is 0.350 e. The van der Waals surface area contributed by atoms with Gasteiger partial charge in [-0.15, -0.1) is 0 Å². The molecule has 0 aromatic carbocycles. The standard InChI is InChI=1S/C5H13O7P3/c6-1-2-3(7)4(8)5(12-2)14(13)15(9,10)11/h2-8H,1,13H2,(H2,9,10,11)/t2-,3-,4-,5?,14?/m1/s1. The van der Waals surface area contributed by atoms with Crippen molar-refractivity contribution < 1.29 is 34.4 Å². The highest BCUT2D eigenvalue weighted by Gasteiger charge is 2.49. The Bertz CT molecular complexity index is 267. The molecule has 1 rings (SSSR count). The molecule has 7 nitrogen and oxygen atoms in total. The lowest BCUT2D eigenvalue weighted by Gasteiger charge is -2.22. The molecule has 15 heavy (non-hydrogen) atoms. The van der Waals surface area contributed by atoms with Crippen LogP contribution in [-0.2, 0) is 9.30 Å². The maximum atomic E-state index is 10.9. The summed E-state index contributed by atoms with van der Waals surface area (Å²) in [7, 11) is -4.39. The molecule has 1 fully saturated rings. The van der Waals surface area contributed by atoms with Gasteiger partial charge in [0.15, 0.2) is 0 Å². The zero-order valence-corrected chi connectivity index (χ0v) is 10.5. The molecule has 0 spiro atoms. The van der Waals surface area contributed by atoms with Crippen LogP contribution in [-0.4, -0.2) is 55.9 Å². The van der Waals surface area contributed by atoms with Crippen LogP contribution in [0, 0.1) is 0 Å². The largest absolute Gasteiger partial charge is 0.394 e. The first-order chi connectivity index (χ1) is 6.79. The van der Waals surface area contributed by atoms with Gasteiger partial charge in [0.2, 0.25) is 0 Å². The van der Waals surface area contributed by atoms with Crippen molar-refractivity contribution >= 4 is 23.5 Å². The molecule has 10 heteroatoms. The van der Waals surface area contributed by atoms with Crippen LogP contribution in [0.25, 0.3) is 0 Å².